The van der Waals surface area contributed by atoms with Gasteiger partial charge in [0.15, 0.2) is 12.2 Å². The second-order valence-corrected chi connectivity index (χ2v) is 32.5. The van der Waals surface area contributed by atoms with Crippen LogP contribution in [0.4, 0.5) is 0 Å². The molecule has 0 aliphatic heterocycles. The van der Waals surface area contributed by atoms with Gasteiger partial charge in [0.2, 0.25) is 0 Å². The quantitative estimate of drug-likeness (QED) is 0.0222. The molecule has 3 N–H and O–H groups in total. The Hall–Kier alpha value is -1.94. The van der Waals surface area contributed by atoms with Crippen molar-refractivity contribution < 1.29 is 80.2 Å². The Morgan fingerprint density at radius 1 is 0.270 bits per heavy atom. The molecule has 0 spiro atoms. The van der Waals surface area contributed by atoms with E-state index in [1.54, 1.807) is 0 Å². The van der Waals surface area contributed by atoms with Crippen molar-refractivity contribution in [3.8, 4) is 0 Å². The zero-order valence-corrected chi connectivity index (χ0v) is 67.1. The molecule has 0 radical (unpaired) electrons. The van der Waals surface area contributed by atoms with Crippen LogP contribution in [-0.2, 0) is 65.4 Å². The highest BCUT2D eigenvalue weighted by Gasteiger charge is 2.30. The van der Waals surface area contributed by atoms with E-state index in [9.17, 15) is 43.2 Å². The fraction of sp³-hybridized carbons (Fsp3) is 0.951. The lowest BCUT2D eigenvalue weighted by molar-refractivity contribution is -0.161. The predicted octanol–water partition coefficient (Wildman–Crippen LogP) is 24.4. The van der Waals surface area contributed by atoms with Gasteiger partial charge in [-0.2, -0.15) is 0 Å². The van der Waals surface area contributed by atoms with Gasteiger partial charge in [0.1, 0.15) is 19.3 Å². The molecule has 19 heteroatoms. The fourth-order valence-electron chi connectivity index (χ4n) is 12.6. The van der Waals surface area contributed by atoms with E-state index >= 15 is 0 Å². The third-order valence-corrected chi connectivity index (χ3v) is 20.9. The second-order valence-electron chi connectivity index (χ2n) is 29.6. The Bertz CT molecular complexity index is 1910. The van der Waals surface area contributed by atoms with E-state index in [-0.39, 0.29) is 25.7 Å². The number of unbranched alkanes of at least 4 members (excludes halogenated alkanes) is 53. The van der Waals surface area contributed by atoms with E-state index in [1.807, 2.05) is 0 Å². The highest BCUT2D eigenvalue weighted by atomic mass is 31.2. The average molecular weight is 1470 g/mol. The van der Waals surface area contributed by atoms with Crippen LogP contribution in [0.1, 0.15) is 433 Å². The van der Waals surface area contributed by atoms with Crippen molar-refractivity contribution >= 4 is 39.5 Å². The van der Waals surface area contributed by atoms with Crippen molar-refractivity contribution in [2.75, 3.05) is 39.6 Å². The predicted molar refractivity (Wildman–Crippen MR) is 409 cm³/mol. The first-order valence-corrected chi connectivity index (χ1v) is 45.1. The summed E-state index contributed by atoms with van der Waals surface area (Å²) in [6.07, 6.45) is 65.7. The van der Waals surface area contributed by atoms with Gasteiger partial charge in [-0.15, -0.1) is 0 Å². The third-order valence-electron chi connectivity index (χ3n) is 19.0. The first-order valence-electron chi connectivity index (χ1n) is 42.1. The number of aliphatic hydroxyl groups is 1. The highest BCUT2D eigenvalue weighted by molar-refractivity contribution is 7.47. The minimum atomic E-state index is -4.96. The van der Waals surface area contributed by atoms with Crippen LogP contribution in [-0.4, -0.2) is 96.7 Å². The standard InChI is InChI=1S/C81H158O17P2/c1-6-9-12-15-17-19-21-23-25-27-29-31-33-38-42-46-50-55-60-65-79(84)92-71-77(98-81(86)67-62-56-51-47-43-39-34-32-30-28-26-24-22-20-18-16-13-10-7-2)73-96-100(89,90)94-69-75(82)68-93-99(87,88)95-72-76(70-91-78(83)64-59-53-14-11-8-3)97-80(85)66-61-57-52-48-44-40-36-35-37-41-45-49-54-58-63-74(4)5/h74-77,82H,6-73H2,1-5H3,(H,87,88)(H,89,90)/t75-,76+,77+/m0/s1. The van der Waals surface area contributed by atoms with Gasteiger partial charge < -0.3 is 33.8 Å². The molecule has 0 heterocycles. The molecule has 0 rings (SSSR count). The molecule has 0 saturated heterocycles. The molecule has 0 aliphatic carbocycles. The van der Waals surface area contributed by atoms with E-state index < -0.39 is 97.5 Å². The number of ether oxygens (including phenoxy) is 4. The van der Waals surface area contributed by atoms with E-state index in [2.05, 4.69) is 34.6 Å². The van der Waals surface area contributed by atoms with E-state index in [1.165, 1.54) is 250 Å². The van der Waals surface area contributed by atoms with Gasteiger partial charge in [-0.3, -0.25) is 37.3 Å². The number of aliphatic hydroxyl groups excluding tert-OH is 1. The lowest BCUT2D eigenvalue weighted by atomic mass is 10.0. The molecule has 17 nitrogen and oxygen atoms in total. The summed E-state index contributed by atoms with van der Waals surface area (Å²) in [5, 5.41) is 10.6. The summed E-state index contributed by atoms with van der Waals surface area (Å²) in [7, 11) is -9.91. The Balaban J connectivity index is 5.11. The molecule has 0 bridgehead atoms. The van der Waals surface area contributed by atoms with Crippen LogP contribution >= 0.6 is 15.6 Å². The first-order chi connectivity index (χ1) is 48.5. The molecule has 0 aromatic rings. The number of hydrogen-bond acceptors (Lipinski definition) is 15. The maximum atomic E-state index is 13.1. The van der Waals surface area contributed by atoms with Crippen LogP contribution in [0, 0.1) is 5.92 Å². The maximum absolute atomic E-state index is 13.1. The van der Waals surface area contributed by atoms with Crippen molar-refractivity contribution in [3.63, 3.8) is 0 Å². The topological polar surface area (TPSA) is 237 Å². The molecule has 0 fully saturated rings. The summed E-state index contributed by atoms with van der Waals surface area (Å²) >= 11 is 0. The highest BCUT2D eigenvalue weighted by Crippen LogP contribution is 2.45. The van der Waals surface area contributed by atoms with E-state index in [0.29, 0.717) is 25.7 Å². The molecule has 0 amide bonds. The van der Waals surface area contributed by atoms with Gasteiger partial charge in [-0.1, -0.05) is 381 Å². The lowest BCUT2D eigenvalue weighted by Crippen LogP contribution is -2.30. The van der Waals surface area contributed by atoms with Crippen molar-refractivity contribution in [3.05, 3.63) is 0 Å². The SMILES string of the molecule is CCCCCCCCCCCCCCCCCCCCCC(=O)OC[C@H](COP(=O)(O)OC[C@@H](O)COP(=O)(O)OC[C@@H](COC(=O)CCCCCCC)OC(=O)CCCCCCCCCCCCCCCCC(C)C)OC(=O)CCCCCCCCCCCCCCCCCCCCC. The molecule has 5 atom stereocenters. The molecule has 0 aromatic carbocycles. The Morgan fingerprint density at radius 2 is 0.460 bits per heavy atom. The number of esters is 4. The van der Waals surface area contributed by atoms with Crippen molar-refractivity contribution in [2.24, 2.45) is 5.92 Å². The van der Waals surface area contributed by atoms with Gasteiger partial charge >= 0.3 is 39.5 Å². The Labute approximate surface area is 613 Å². The van der Waals surface area contributed by atoms with Crippen molar-refractivity contribution in [1.29, 1.82) is 0 Å². The zero-order valence-electron chi connectivity index (χ0n) is 65.3. The van der Waals surface area contributed by atoms with E-state index in [0.717, 1.165) is 102 Å². The maximum Gasteiger partial charge on any atom is 0.472 e. The molecule has 0 aliphatic rings. The normalized spacial score (nSPS) is 13.8. The molecule has 0 saturated carbocycles. The summed E-state index contributed by atoms with van der Waals surface area (Å²) in [6.45, 7) is 7.26. The van der Waals surface area contributed by atoms with Crippen molar-refractivity contribution in [1.82, 2.24) is 0 Å². The van der Waals surface area contributed by atoms with Crippen LogP contribution in [0.25, 0.3) is 0 Å². The Morgan fingerprint density at radius 3 is 0.680 bits per heavy atom. The molecule has 2 unspecified atom stereocenters. The largest absolute Gasteiger partial charge is 0.472 e. The monoisotopic (exact) mass is 1470 g/mol. The fourth-order valence-corrected chi connectivity index (χ4v) is 14.2. The summed E-state index contributed by atoms with van der Waals surface area (Å²) in [6, 6.07) is 0. The number of phosphoric ester groups is 2. The van der Waals surface area contributed by atoms with E-state index in [4.69, 9.17) is 37.0 Å². The minimum absolute atomic E-state index is 0.107. The van der Waals surface area contributed by atoms with Gasteiger partial charge in [0.25, 0.3) is 0 Å². The Kier molecular flexibility index (Phi) is 72.5. The van der Waals surface area contributed by atoms with Gasteiger partial charge in [-0.05, 0) is 31.6 Å². The second kappa shape index (κ2) is 73.9. The number of carbonyl (C=O) groups is 4. The van der Waals surface area contributed by atoms with Crippen molar-refractivity contribution in [2.45, 2.75) is 451 Å². The smallest absolute Gasteiger partial charge is 0.462 e. The summed E-state index contributed by atoms with van der Waals surface area (Å²) < 4.78 is 68.5. The number of rotatable bonds is 81. The summed E-state index contributed by atoms with van der Waals surface area (Å²) in [4.78, 5) is 72.7. The summed E-state index contributed by atoms with van der Waals surface area (Å²) in [5.41, 5.74) is 0. The average Bonchev–Trinajstić information content (AvgIpc) is 0.933. The molecule has 0 aromatic heterocycles. The van der Waals surface area contributed by atoms with Gasteiger partial charge in [0, 0.05) is 25.7 Å². The third kappa shape index (κ3) is 74.3. The lowest BCUT2D eigenvalue weighted by Gasteiger charge is -2.21. The first kappa shape index (κ1) is 98.1. The van der Waals surface area contributed by atoms with Crippen LogP contribution in [0.15, 0.2) is 0 Å². The number of carbonyl (C=O) groups excluding carboxylic acids is 4. The minimum Gasteiger partial charge on any atom is -0.462 e. The van der Waals surface area contributed by atoms with Crippen LogP contribution in [0.2, 0.25) is 0 Å². The number of hydrogen-bond donors (Lipinski definition) is 3. The molecular formula is C81H158O17P2. The summed E-state index contributed by atoms with van der Waals surface area (Å²) in [5.74, 6) is -1.32. The van der Waals surface area contributed by atoms with Crippen LogP contribution < -0.4 is 0 Å². The molecular weight excluding hydrogens is 1310 g/mol. The van der Waals surface area contributed by atoms with Gasteiger partial charge in [0.05, 0.1) is 26.4 Å². The molecule has 100 heavy (non-hydrogen) atoms. The zero-order chi connectivity index (χ0) is 73.4. The molecule has 594 valence electrons. The number of phosphoric acid groups is 2. The van der Waals surface area contributed by atoms with Gasteiger partial charge in [-0.25, -0.2) is 9.13 Å². The van der Waals surface area contributed by atoms with Crippen LogP contribution in [0.3, 0.4) is 0 Å². The van der Waals surface area contributed by atoms with Crippen LogP contribution in [0.5, 0.6) is 0 Å².